The maximum atomic E-state index is 12.9. The van der Waals surface area contributed by atoms with Crippen molar-refractivity contribution in [3.05, 3.63) is 38.9 Å². The molecule has 30 heavy (non-hydrogen) atoms. The van der Waals surface area contributed by atoms with Gasteiger partial charge in [0, 0.05) is 33.6 Å². The lowest BCUT2D eigenvalue weighted by atomic mass is 10.1. The van der Waals surface area contributed by atoms with Crippen LogP contribution in [0.5, 0.6) is 0 Å². The lowest BCUT2D eigenvalue weighted by Crippen LogP contribution is -2.39. The van der Waals surface area contributed by atoms with E-state index in [1.165, 1.54) is 36.9 Å². The van der Waals surface area contributed by atoms with Crippen LogP contribution < -0.4 is 11.1 Å². The fraction of sp³-hybridized carbons (Fsp3) is 0.571. The van der Waals surface area contributed by atoms with Crippen LogP contribution in [-0.4, -0.2) is 47.2 Å². The van der Waals surface area contributed by atoms with Crippen molar-refractivity contribution in [2.24, 2.45) is 25.9 Å². The number of aryl methyl sites for hydroxylation is 2. The number of sulfone groups is 1. The zero-order valence-electron chi connectivity index (χ0n) is 18.5. The van der Waals surface area contributed by atoms with Crippen molar-refractivity contribution in [1.82, 2.24) is 14.0 Å². The number of aromatic nitrogens is 2. The molecular formula is C21H31N3O5S. The van der Waals surface area contributed by atoms with E-state index in [0.29, 0.717) is 24.1 Å². The van der Waals surface area contributed by atoms with Gasteiger partial charge >= 0.3 is 11.1 Å². The molecule has 0 radical (unpaired) electrons. The maximum Gasteiger partial charge on any atom is 0.316 e. The fourth-order valence-corrected chi connectivity index (χ4v) is 4.66. The van der Waals surface area contributed by atoms with Crippen LogP contribution in [0.1, 0.15) is 34.1 Å². The largest absolute Gasteiger partial charge is 0.342 e. The molecule has 8 nitrogen and oxygen atoms in total. The first-order valence-electron chi connectivity index (χ1n) is 10.1. The summed E-state index contributed by atoms with van der Waals surface area (Å²) in [5.41, 5.74) is -0.609. The summed E-state index contributed by atoms with van der Waals surface area (Å²) in [6.07, 6.45) is -0.105. The smallest absolute Gasteiger partial charge is 0.316 e. The summed E-state index contributed by atoms with van der Waals surface area (Å²) in [6.45, 7) is 9.24. The highest BCUT2D eigenvalue weighted by Crippen LogP contribution is 2.19. The van der Waals surface area contributed by atoms with Gasteiger partial charge < -0.3 is 14.0 Å². The summed E-state index contributed by atoms with van der Waals surface area (Å²) in [7, 11) is -0.839. The summed E-state index contributed by atoms with van der Waals surface area (Å²) in [6, 6.07) is 4.30. The SMILES string of the molecule is CC(C)CN(CC(C)C)C(=O)CCS(=O)(=O)c1ccc2c(c1)n(C)c(=O)c(=O)n2C. The molecular weight excluding hydrogens is 406 g/mol. The highest BCUT2D eigenvalue weighted by Gasteiger charge is 2.22. The Morgan fingerprint density at radius 1 is 0.933 bits per heavy atom. The van der Waals surface area contributed by atoms with Crippen LogP contribution >= 0.6 is 0 Å². The molecule has 9 heteroatoms. The minimum absolute atomic E-state index is 0.0238. The summed E-state index contributed by atoms with van der Waals surface area (Å²) >= 11 is 0. The van der Waals surface area contributed by atoms with E-state index in [1.807, 2.05) is 27.7 Å². The van der Waals surface area contributed by atoms with E-state index >= 15 is 0 Å². The van der Waals surface area contributed by atoms with Crippen molar-refractivity contribution in [3.8, 4) is 0 Å². The van der Waals surface area contributed by atoms with Crippen LogP contribution in [-0.2, 0) is 28.7 Å². The summed E-state index contributed by atoms with van der Waals surface area (Å²) in [5, 5.41) is 0. The van der Waals surface area contributed by atoms with E-state index in [1.54, 1.807) is 4.90 Å². The molecule has 1 aromatic heterocycles. The van der Waals surface area contributed by atoms with Crippen molar-refractivity contribution < 1.29 is 13.2 Å². The first-order chi connectivity index (χ1) is 13.8. The average Bonchev–Trinajstić information content (AvgIpc) is 2.67. The molecule has 1 heterocycles. The lowest BCUT2D eigenvalue weighted by molar-refractivity contribution is -0.131. The van der Waals surface area contributed by atoms with Crippen LogP contribution in [0.2, 0.25) is 0 Å². The number of fused-ring (bicyclic) bond motifs is 1. The van der Waals surface area contributed by atoms with Crippen LogP contribution in [0.15, 0.2) is 32.7 Å². The predicted octanol–water partition coefficient (Wildman–Crippen LogP) is 1.54. The van der Waals surface area contributed by atoms with Crippen LogP contribution in [0.25, 0.3) is 11.0 Å². The number of carbonyl (C=O) groups excluding carboxylic acids is 1. The highest BCUT2D eigenvalue weighted by atomic mass is 32.2. The minimum atomic E-state index is -3.74. The molecule has 2 rings (SSSR count). The highest BCUT2D eigenvalue weighted by molar-refractivity contribution is 7.91. The molecule has 0 aliphatic carbocycles. The molecule has 0 bridgehead atoms. The van der Waals surface area contributed by atoms with Gasteiger partial charge in [0.15, 0.2) is 9.84 Å². The number of benzene rings is 1. The second-order valence-corrected chi connectivity index (χ2v) is 10.6. The van der Waals surface area contributed by atoms with E-state index in [2.05, 4.69) is 0 Å². The number of carbonyl (C=O) groups is 1. The van der Waals surface area contributed by atoms with Crippen molar-refractivity contribution in [2.75, 3.05) is 18.8 Å². The van der Waals surface area contributed by atoms with Gasteiger partial charge in [-0.3, -0.25) is 14.4 Å². The van der Waals surface area contributed by atoms with Gasteiger partial charge in [0.2, 0.25) is 5.91 Å². The second-order valence-electron chi connectivity index (χ2n) is 8.53. The molecule has 166 valence electrons. The molecule has 0 atom stereocenters. The Morgan fingerprint density at radius 3 is 1.93 bits per heavy atom. The van der Waals surface area contributed by atoms with Gasteiger partial charge in [-0.15, -0.1) is 0 Å². The molecule has 0 saturated heterocycles. The third kappa shape index (κ3) is 5.19. The topological polar surface area (TPSA) is 98.5 Å². The molecule has 0 spiro atoms. The van der Waals surface area contributed by atoms with E-state index < -0.39 is 21.0 Å². The molecule has 2 aromatic rings. The van der Waals surface area contributed by atoms with Gasteiger partial charge in [0.25, 0.3) is 0 Å². The van der Waals surface area contributed by atoms with E-state index in [-0.39, 0.29) is 34.8 Å². The fourth-order valence-electron chi connectivity index (χ4n) is 3.41. The van der Waals surface area contributed by atoms with E-state index in [9.17, 15) is 22.8 Å². The van der Waals surface area contributed by atoms with Gasteiger partial charge in [0.1, 0.15) is 0 Å². The maximum absolute atomic E-state index is 12.9. The summed E-state index contributed by atoms with van der Waals surface area (Å²) in [4.78, 5) is 38.4. The summed E-state index contributed by atoms with van der Waals surface area (Å²) < 4.78 is 28.1. The normalized spacial score (nSPS) is 12.1. The van der Waals surface area contributed by atoms with Gasteiger partial charge in [-0.25, -0.2) is 8.42 Å². The van der Waals surface area contributed by atoms with Crippen LogP contribution in [0.4, 0.5) is 0 Å². The van der Waals surface area contributed by atoms with E-state index in [4.69, 9.17) is 0 Å². The minimum Gasteiger partial charge on any atom is -0.342 e. The van der Waals surface area contributed by atoms with Crippen molar-refractivity contribution in [2.45, 2.75) is 39.0 Å². The Bertz CT molecular complexity index is 1150. The zero-order valence-corrected chi connectivity index (χ0v) is 19.3. The van der Waals surface area contributed by atoms with Gasteiger partial charge in [-0.05, 0) is 30.0 Å². The van der Waals surface area contributed by atoms with Crippen LogP contribution in [0, 0.1) is 11.8 Å². The van der Waals surface area contributed by atoms with Crippen LogP contribution in [0.3, 0.4) is 0 Å². The molecule has 0 saturated carbocycles. The second kappa shape index (κ2) is 9.16. The molecule has 0 N–H and O–H groups in total. The number of nitrogens with zero attached hydrogens (tertiary/aromatic N) is 3. The molecule has 0 unspecified atom stereocenters. The number of hydrogen-bond acceptors (Lipinski definition) is 5. The monoisotopic (exact) mass is 437 g/mol. The molecule has 0 fully saturated rings. The third-order valence-corrected chi connectivity index (χ3v) is 6.64. The number of rotatable bonds is 8. The Morgan fingerprint density at radius 2 is 1.43 bits per heavy atom. The zero-order chi connectivity index (χ0) is 22.8. The average molecular weight is 438 g/mol. The Balaban J connectivity index is 2.31. The van der Waals surface area contributed by atoms with Gasteiger partial charge in [0.05, 0.1) is 21.7 Å². The molecule has 0 aliphatic heterocycles. The Hall–Kier alpha value is -2.42. The first kappa shape index (κ1) is 23.9. The van der Waals surface area contributed by atoms with Crippen molar-refractivity contribution >= 4 is 26.8 Å². The van der Waals surface area contributed by atoms with Crippen molar-refractivity contribution in [1.29, 1.82) is 0 Å². The standard InChI is InChI=1S/C21H31N3O5S/c1-14(2)12-24(13-15(3)4)19(25)9-10-30(28,29)16-7-8-17-18(11-16)23(6)21(27)20(26)22(17)5/h7-8,11,14-15H,9-10,12-13H2,1-6H3. The molecule has 1 amide bonds. The van der Waals surface area contributed by atoms with E-state index in [0.717, 1.165) is 4.57 Å². The Labute approximate surface area is 177 Å². The third-order valence-electron chi connectivity index (χ3n) is 4.93. The molecule has 1 aromatic carbocycles. The Kier molecular flexibility index (Phi) is 7.28. The first-order valence-corrected chi connectivity index (χ1v) is 11.7. The summed E-state index contributed by atoms with van der Waals surface area (Å²) in [5.74, 6) is 0.0797. The lowest BCUT2D eigenvalue weighted by Gasteiger charge is -2.26. The number of hydrogen-bond donors (Lipinski definition) is 0. The van der Waals surface area contributed by atoms with Gasteiger partial charge in [-0.2, -0.15) is 0 Å². The quantitative estimate of drug-likeness (QED) is 0.584. The van der Waals surface area contributed by atoms with Gasteiger partial charge in [-0.1, -0.05) is 27.7 Å². The predicted molar refractivity (Wildman–Crippen MR) is 117 cm³/mol. The number of amides is 1. The van der Waals surface area contributed by atoms with Crippen molar-refractivity contribution in [3.63, 3.8) is 0 Å². The molecule has 0 aliphatic rings.